The molecule has 2 aromatic rings. The van der Waals surface area contributed by atoms with Crippen LogP contribution in [0, 0.1) is 6.92 Å². The highest BCUT2D eigenvalue weighted by atomic mass is 16.5. The summed E-state index contributed by atoms with van der Waals surface area (Å²) in [6, 6.07) is 9.64. The molecule has 1 fully saturated rings. The Morgan fingerprint density at radius 1 is 1.29 bits per heavy atom. The van der Waals surface area contributed by atoms with Gasteiger partial charge in [-0.05, 0) is 26.0 Å². The van der Waals surface area contributed by atoms with Gasteiger partial charge in [0.1, 0.15) is 0 Å². The fourth-order valence-corrected chi connectivity index (χ4v) is 2.42. The molecule has 1 aliphatic rings. The van der Waals surface area contributed by atoms with Crippen LogP contribution in [0.25, 0.3) is 5.69 Å². The average molecular weight is 286 g/mol. The number of amides is 1. The molecule has 2 heterocycles. The lowest BCUT2D eigenvalue weighted by atomic mass is 10.2. The van der Waals surface area contributed by atoms with E-state index in [4.69, 9.17) is 4.74 Å². The Kier molecular flexibility index (Phi) is 3.70. The van der Waals surface area contributed by atoms with Crippen LogP contribution in [0.15, 0.2) is 30.3 Å². The minimum Gasteiger partial charge on any atom is -0.377 e. The third-order valence-electron chi connectivity index (χ3n) is 3.60. The second-order valence-corrected chi connectivity index (χ2v) is 5.18. The molecular formula is C15H18N4O2. The van der Waals surface area contributed by atoms with E-state index in [1.807, 2.05) is 44.2 Å². The molecule has 0 saturated carbocycles. The van der Waals surface area contributed by atoms with Crippen molar-refractivity contribution in [2.24, 2.45) is 0 Å². The molecule has 21 heavy (non-hydrogen) atoms. The molecule has 1 atom stereocenters. The van der Waals surface area contributed by atoms with E-state index in [9.17, 15) is 4.79 Å². The summed E-state index contributed by atoms with van der Waals surface area (Å²) in [4.78, 5) is 15.9. The van der Waals surface area contributed by atoms with Crippen LogP contribution in [0.4, 0.5) is 0 Å². The van der Waals surface area contributed by atoms with Gasteiger partial charge in [0.25, 0.3) is 5.91 Å². The molecule has 110 valence electrons. The van der Waals surface area contributed by atoms with Crippen LogP contribution in [0.5, 0.6) is 0 Å². The van der Waals surface area contributed by atoms with E-state index in [1.165, 1.54) is 4.80 Å². The van der Waals surface area contributed by atoms with Crippen molar-refractivity contribution < 1.29 is 9.53 Å². The van der Waals surface area contributed by atoms with Crippen molar-refractivity contribution in [3.63, 3.8) is 0 Å². The van der Waals surface area contributed by atoms with Crippen LogP contribution in [-0.2, 0) is 4.74 Å². The Bertz CT molecular complexity index is 638. The number of carbonyl (C=O) groups excluding carboxylic acids is 1. The first-order chi connectivity index (χ1) is 10.2. The van der Waals surface area contributed by atoms with Crippen LogP contribution in [0.3, 0.4) is 0 Å². The molecule has 0 radical (unpaired) electrons. The molecule has 1 aromatic heterocycles. The fraction of sp³-hybridized carbons (Fsp3) is 0.400. The maximum atomic E-state index is 12.6. The van der Waals surface area contributed by atoms with Crippen molar-refractivity contribution in [2.75, 3.05) is 19.8 Å². The molecule has 3 rings (SSSR count). The predicted octanol–water partition coefficient (Wildman–Crippen LogP) is 1.44. The van der Waals surface area contributed by atoms with E-state index >= 15 is 0 Å². The van der Waals surface area contributed by atoms with Crippen molar-refractivity contribution in [3.05, 3.63) is 41.7 Å². The summed E-state index contributed by atoms with van der Waals surface area (Å²) >= 11 is 0. The van der Waals surface area contributed by atoms with E-state index < -0.39 is 0 Å². The zero-order valence-electron chi connectivity index (χ0n) is 12.2. The van der Waals surface area contributed by atoms with Crippen molar-refractivity contribution in [1.29, 1.82) is 0 Å². The molecule has 0 aliphatic carbocycles. The third-order valence-corrected chi connectivity index (χ3v) is 3.60. The van der Waals surface area contributed by atoms with Gasteiger partial charge >= 0.3 is 0 Å². The zero-order chi connectivity index (χ0) is 14.8. The fourth-order valence-electron chi connectivity index (χ4n) is 2.42. The third kappa shape index (κ3) is 2.67. The van der Waals surface area contributed by atoms with Crippen LogP contribution in [0.2, 0.25) is 0 Å². The van der Waals surface area contributed by atoms with Crippen molar-refractivity contribution in [1.82, 2.24) is 19.9 Å². The molecule has 6 heteroatoms. The number of hydrogen-bond acceptors (Lipinski definition) is 4. The minimum atomic E-state index is -0.0783. The summed E-state index contributed by atoms with van der Waals surface area (Å²) in [6.07, 6.45) is 0. The lowest BCUT2D eigenvalue weighted by Gasteiger charge is -2.32. The SMILES string of the molecule is Cc1nn(-c2ccccc2)nc1C(=O)N1CCOC[C@@H]1C. The maximum absolute atomic E-state index is 12.6. The number of aryl methyl sites for hydroxylation is 1. The van der Waals surface area contributed by atoms with Crippen molar-refractivity contribution in [2.45, 2.75) is 19.9 Å². The highest BCUT2D eigenvalue weighted by Gasteiger charge is 2.28. The van der Waals surface area contributed by atoms with Gasteiger partial charge in [-0.25, -0.2) is 0 Å². The molecule has 0 bridgehead atoms. The number of hydrogen-bond donors (Lipinski definition) is 0. The molecule has 1 aliphatic heterocycles. The van der Waals surface area contributed by atoms with Gasteiger partial charge in [-0.1, -0.05) is 18.2 Å². The highest BCUT2D eigenvalue weighted by molar-refractivity contribution is 5.93. The summed E-state index contributed by atoms with van der Waals surface area (Å²) in [7, 11) is 0. The van der Waals surface area contributed by atoms with Crippen LogP contribution in [0.1, 0.15) is 23.1 Å². The summed E-state index contributed by atoms with van der Waals surface area (Å²) in [5.41, 5.74) is 1.89. The number of benzene rings is 1. The zero-order valence-corrected chi connectivity index (χ0v) is 12.2. The Morgan fingerprint density at radius 3 is 2.76 bits per heavy atom. The van der Waals surface area contributed by atoms with E-state index in [0.717, 1.165) is 5.69 Å². The first-order valence-electron chi connectivity index (χ1n) is 7.05. The molecule has 0 N–H and O–H groups in total. The first-order valence-corrected chi connectivity index (χ1v) is 7.05. The maximum Gasteiger partial charge on any atom is 0.276 e. The van der Waals surface area contributed by atoms with Gasteiger partial charge in [-0.2, -0.15) is 9.90 Å². The second kappa shape index (κ2) is 5.65. The summed E-state index contributed by atoms with van der Waals surface area (Å²) in [5, 5.41) is 8.71. The van der Waals surface area contributed by atoms with E-state index in [2.05, 4.69) is 10.2 Å². The van der Waals surface area contributed by atoms with Crippen LogP contribution >= 0.6 is 0 Å². The number of rotatable bonds is 2. The second-order valence-electron chi connectivity index (χ2n) is 5.18. The minimum absolute atomic E-state index is 0.0625. The van der Waals surface area contributed by atoms with E-state index in [-0.39, 0.29) is 11.9 Å². The topological polar surface area (TPSA) is 60.2 Å². The monoisotopic (exact) mass is 286 g/mol. The van der Waals surface area contributed by atoms with E-state index in [1.54, 1.807) is 4.90 Å². The number of aromatic nitrogens is 3. The molecule has 1 aromatic carbocycles. The van der Waals surface area contributed by atoms with E-state index in [0.29, 0.717) is 31.1 Å². The number of nitrogens with zero attached hydrogens (tertiary/aromatic N) is 4. The van der Waals surface area contributed by atoms with Gasteiger partial charge in [0.15, 0.2) is 5.69 Å². The van der Waals surface area contributed by atoms with Gasteiger partial charge in [0.05, 0.1) is 30.6 Å². The van der Waals surface area contributed by atoms with Gasteiger partial charge in [-0.3, -0.25) is 4.79 Å². The number of para-hydroxylation sites is 1. The molecule has 1 saturated heterocycles. The van der Waals surface area contributed by atoms with Gasteiger partial charge in [-0.15, -0.1) is 5.10 Å². The summed E-state index contributed by atoms with van der Waals surface area (Å²) in [5.74, 6) is -0.0783. The Labute approximate surface area is 123 Å². The smallest absolute Gasteiger partial charge is 0.276 e. The Hall–Kier alpha value is -2.21. The Balaban J connectivity index is 1.89. The first kappa shape index (κ1) is 13.8. The normalized spacial score (nSPS) is 18.8. The largest absolute Gasteiger partial charge is 0.377 e. The quantitative estimate of drug-likeness (QED) is 0.838. The predicted molar refractivity (Wildman–Crippen MR) is 77.4 cm³/mol. The van der Waals surface area contributed by atoms with Gasteiger partial charge in [0.2, 0.25) is 0 Å². The molecule has 0 unspecified atom stereocenters. The molecule has 1 amide bonds. The van der Waals surface area contributed by atoms with Gasteiger partial charge in [0, 0.05) is 6.54 Å². The van der Waals surface area contributed by atoms with Crippen LogP contribution in [-0.4, -0.2) is 51.6 Å². The lowest BCUT2D eigenvalue weighted by molar-refractivity contribution is 0.00320. The highest BCUT2D eigenvalue weighted by Crippen LogP contribution is 2.14. The number of carbonyl (C=O) groups is 1. The van der Waals surface area contributed by atoms with Crippen LogP contribution < -0.4 is 0 Å². The molecular weight excluding hydrogens is 268 g/mol. The summed E-state index contributed by atoms with van der Waals surface area (Å²) < 4.78 is 5.37. The number of ether oxygens (including phenoxy) is 1. The average Bonchev–Trinajstić information content (AvgIpc) is 2.90. The van der Waals surface area contributed by atoms with Gasteiger partial charge < -0.3 is 9.64 Å². The lowest BCUT2D eigenvalue weighted by Crippen LogP contribution is -2.47. The standard InChI is InChI=1S/C15H18N4O2/c1-11-10-21-9-8-18(11)15(20)14-12(2)16-19(17-14)13-6-4-3-5-7-13/h3-7,11H,8-10H2,1-2H3/t11-/m0/s1. The number of morpholine rings is 1. The molecule has 6 nitrogen and oxygen atoms in total. The van der Waals surface area contributed by atoms with Crippen molar-refractivity contribution >= 4 is 5.91 Å². The van der Waals surface area contributed by atoms with Crippen molar-refractivity contribution in [3.8, 4) is 5.69 Å². The molecule has 0 spiro atoms. The summed E-state index contributed by atoms with van der Waals surface area (Å²) in [6.45, 7) is 5.52. The Morgan fingerprint density at radius 2 is 2.05 bits per heavy atom.